The monoisotopic (exact) mass is 306 g/mol. The Labute approximate surface area is 133 Å². The molecule has 1 saturated heterocycles. The Kier molecular flexibility index (Phi) is 4.72. The quantitative estimate of drug-likeness (QED) is 0.874. The fourth-order valence-electron chi connectivity index (χ4n) is 3.31. The number of hydrogen-bond donors (Lipinski definition) is 1. The highest BCUT2D eigenvalue weighted by Gasteiger charge is 2.28. The lowest BCUT2D eigenvalue weighted by molar-refractivity contribution is 0.109. The Morgan fingerprint density at radius 3 is 2.38 bits per heavy atom. The van der Waals surface area contributed by atoms with Gasteiger partial charge < -0.3 is 5.32 Å². The molecule has 118 valence electrons. The zero-order valence-electron chi connectivity index (χ0n) is 13.8. The molecule has 0 atom stereocenters. The van der Waals surface area contributed by atoms with Crippen LogP contribution in [0.15, 0.2) is 12.1 Å². The maximum Gasteiger partial charge on any atom is 0.0328 e. The van der Waals surface area contributed by atoms with Gasteiger partial charge >= 0.3 is 0 Å². The van der Waals surface area contributed by atoms with Gasteiger partial charge in [0.15, 0.2) is 0 Å². The molecule has 0 aromatic carbocycles. The van der Waals surface area contributed by atoms with Crippen LogP contribution < -0.4 is 5.32 Å². The van der Waals surface area contributed by atoms with Crippen LogP contribution in [0, 0.1) is 11.3 Å². The van der Waals surface area contributed by atoms with Gasteiger partial charge in [-0.15, -0.1) is 11.3 Å². The highest BCUT2D eigenvalue weighted by molar-refractivity contribution is 7.11. The SMILES string of the molecule is CC(C)(C)C1CCN(Cc2ccc(CNC3CC3)s2)CC1. The third kappa shape index (κ3) is 4.54. The second kappa shape index (κ2) is 6.39. The van der Waals surface area contributed by atoms with Crippen molar-refractivity contribution in [3.05, 3.63) is 21.9 Å². The first kappa shape index (κ1) is 15.5. The van der Waals surface area contributed by atoms with Crippen molar-refractivity contribution < 1.29 is 0 Å². The maximum absolute atomic E-state index is 3.61. The molecule has 1 aliphatic carbocycles. The maximum atomic E-state index is 3.61. The van der Waals surface area contributed by atoms with E-state index in [0.29, 0.717) is 5.41 Å². The van der Waals surface area contributed by atoms with Crippen molar-refractivity contribution in [1.82, 2.24) is 10.2 Å². The minimum absolute atomic E-state index is 0.483. The molecule has 2 aliphatic rings. The zero-order chi connectivity index (χ0) is 14.9. The molecule has 2 fully saturated rings. The molecule has 1 aromatic heterocycles. The molecule has 1 saturated carbocycles. The number of hydrogen-bond acceptors (Lipinski definition) is 3. The second-order valence-corrected chi connectivity index (χ2v) is 9.19. The van der Waals surface area contributed by atoms with Crippen LogP contribution >= 0.6 is 11.3 Å². The lowest BCUT2D eigenvalue weighted by Crippen LogP contribution is -2.37. The van der Waals surface area contributed by atoms with Crippen molar-refractivity contribution in [3.8, 4) is 0 Å². The average Bonchev–Trinajstić information content (AvgIpc) is 3.16. The predicted molar refractivity (Wildman–Crippen MR) is 91.6 cm³/mol. The van der Waals surface area contributed by atoms with E-state index in [9.17, 15) is 0 Å². The Morgan fingerprint density at radius 1 is 1.10 bits per heavy atom. The van der Waals surface area contributed by atoms with Gasteiger partial charge in [-0.2, -0.15) is 0 Å². The third-order valence-electron chi connectivity index (χ3n) is 5.05. The first-order valence-electron chi connectivity index (χ1n) is 8.54. The Bertz CT molecular complexity index is 448. The minimum atomic E-state index is 0.483. The number of rotatable bonds is 5. The molecule has 3 heteroatoms. The van der Waals surface area contributed by atoms with E-state index in [1.54, 1.807) is 0 Å². The summed E-state index contributed by atoms with van der Waals surface area (Å²) in [4.78, 5) is 5.69. The van der Waals surface area contributed by atoms with Gasteiger partial charge in [-0.25, -0.2) is 0 Å². The molecule has 2 heterocycles. The van der Waals surface area contributed by atoms with Gasteiger partial charge in [-0.3, -0.25) is 4.90 Å². The molecule has 21 heavy (non-hydrogen) atoms. The van der Waals surface area contributed by atoms with E-state index in [1.807, 2.05) is 11.3 Å². The summed E-state index contributed by atoms with van der Waals surface area (Å²) in [5.74, 6) is 0.899. The van der Waals surface area contributed by atoms with Crippen LogP contribution in [0.1, 0.15) is 56.2 Å². The Hall–Kier alpha value is -0.380. The molecule has 1 N–H and O–H groups in total. The molecule has 0 amide bonds. The Morgan fingerprint density at radius 2 is 1.76 bits per heavy atom. The predicted octanol–water partition coefficient (Wildman–Crippen LogP) is 4.26. The fourth-order valence-corrected chi connectivity index (χ4v) is 4.32. The summed E-state index contributed by atoms with van der Waals surface area (Å²) in [6, 6.07) is 5.47. The van der Waals surface area contributed by atoms with Crippen LogP contribution in [-0.4, -0.2) is 24.0 Å². The van der Waals surface area contributed by atoms with Crippen LogP contribution in [0.2, 0.25) is 0 Å². The molecule has 1 aromatic rings. The van der Waals surface area contributed by atoms with E-state index in [2.05, 4.69) is 43.1 Å². The molecular weight excluding hydrogens is 276 g/mol. The molecule has 0 unspecified atom stereocenters. The van der Waals surface area contributed by atoms with E-state index < -0.39 is 0 Å². The van der Waals surface area contributed by atoms with Crippen molar-refractivity contribution in [3.63, 3.8) is 0 Å². The van der Waals surface area contributed by atoms with Gasteiger partial charge in [0.1, 0.15) is 0 Å². The normalized spacial score (nSPS) is 21.9. The van der Waals surface area contributed by atoms with E-state index in [4.69, 9.17) is 0 Å². The molecule has 0 radical (unpaired) electrons. The second-order valence-electron chi connectivity index (χ2n) is 7.94. The van der Waals surface area contributed by atoms with Crippen LogP contribution in [-0.2, 0) is 13.1 Å². The fraction of sp³-hybridized carbons (Fsp3) is 0.778. The van der Waals surface area contributed by atoms with Crippen LogP contribution in [0.4, 0.5) is 0 Å². The van der Waals surface area contributed by atoms with E-state index in [-0.39, 0.29) is 0 Å². The van der Waals surface area contributed by atoms with E-state index in [1.165, 1.54) is 48.5 Å². The zero-order valence-corrected chi connectivity index (χ0v) is 14.6. The summed E-state index contributed by atoms with van der Waals surface area (Å²) in [6.45, 7) is 12.0. The Balaban J connectivity index is 1.44. The standard InChI is InChI=1S/C18H30N2S/c1-18(2,3)14-8-10-20(11-9-14)13-17-7-6-16(21-17)12-19-15-4-5-15/h6-7,14-15,19H,4-5,8-13H2,1-3H3. The highest BCUT2D eigenvalue weighted by Crippen LogP contribution is 2.34. The van der Waals surface area contributed by atoms with Gasteiger partial charge in [0, 0.05) is 28.9 Å². The van der Waals surface area contributed by atoms with Gasteiger partial charge in [0.2, 0.25) is 0 Å². The summed E-state index contributed by atoms with van der Waals surface area (Å²) in [5, 5.41) is 3.61. The van der Waals surface area contributed by atoms with Gasteiger partial charge in [-0.05, 0) is 62.2 Å². The number of nitrogens with one attached hydrogen (secondary N) is 1. The smallest absolute Gasteiger partial charge is 0.0328 e. The van der Waals surface area contributed by atoms with Gasteiger partial charge in [0.05, 0.1) is 0 Å². The summed E-state index contributed by atoms with van der Waals surface area (Å²) in [6.07, 6.45) is 5.48. The van der Waals surface area contributed by atoms with Crippen molar-refractivity contribution >= 4 is 11.3 Å². The number of thiophene rings is 1. The van der Waals surface area contributed by atoms with Crippen LogP contribution in [0.5, 0.6) is 0 Å². The number of piperidine rings is 1. The molecule has 0 spiro atoms. The van der Waals surface area contributed by atoms with Crippen molar-refractivity contribution in [2.45, 2.75) is 65.6 Å². The average molecular weight is 307 g/mol. The van der Waals surface area contributed by atoms with Crippen molar-refractivity contribution in [2.75, 3.05) is 13.1 Å². The minimum Gasteiger partial charge on any atom is -0.309 e. The van der Waals surface area contributed by atoms with Crippen molar-refractivity contribution in [1.29, 1.82) is 0 Å². The molecule has 3 rings (SSSR count). The molecule has 1 aliphatic heterocycles. The molecular formula is C18H30N2S. The third-order valence-corrected chi connectivity index (χ3v) is 6.12. The number of likely N-dealkylation sites (tertiary alicyclic amines) is 1. The van der Waals surface area contributed by atoms with Crippen LogP contribution in [0.25, 0.3) is 0 Å². The van der Waals surface area contributed by atoms with Gasteiger partial charge in [0.25, 0.3) is 0 Å². The summed E-state index contributed by atoms with van der Waals surface area (Å²) in [5.41, 5.74) is 0.483. The summed E-state index contributed by atoms with van der Waals surface area (Å²) in [7, 11) is 0. The summed E-state index contributed by atoms with van der Waals surface area (Å²) >= 11 is 2.00. The topological polar surface area (TPSA) is 15.3 Å². The first-order valence-corrected chi connectivity index (χ1v) is 9.36. The molecule has 2 nitrogen and oxygen atoms in total. The lowest BCUT2D eigenvalue weighted by Gasteiger charge is -2.38. The van der Waals surface area contributed by atoms with Crippen molar-refractivity contribution in [2.24, 2.45) is 11.3 Å². The molecule has 0 bridgehead atoms. The van der Waals surface area contributed by atoms with E-state index >= 15 is 0 Å². The number of nitrogens with zero attached hydrogens (tertiary/aromatic N) is 1. The van der Waals surface area contributed by atoms with E-state index in [0.717, 1.165) is 25.0 Å². The van der Waals surface area contributed by atoms with Gasteiger partial charge in [-0.1, -0.05) is 20.8 Å². The lowest BCUT2D eigenvalue weighted by atomic mass is 9.75. The summed E-state index contributed by atoms with van der Waals surface area (Å²) < 4.78 is 0. The first-order chi connectivity index (χ1) is 10.0. The highest BCUT2D eigenvalue weighted by atomic mass is 32.1. The van der Waals surface area contributed by atoms with Crippen LogP contribution in [0.3, 0.4) is 0 Å². The largest absolute Gasteiger partial charge is 0.309 e.